The van der Waals surface area contributed by atoms with Crippen molar-refractivity contribution >= 4 is 11.9 Å². The van der Waals surface area contributed by atoms with Crippen LogP contribution in [0.15, 0.2) is 24.5 Å². The SMILES string of the molecule is CCOC(=O)C[n+]1ccc(C(=O)OC)cc1. The van der Waals surface area contributed by atoms with Crippen LogP contribution in [-0.4, -0.2) is 25.7 Å². The van der Waals surface area contributed by atoms with Gasteiger partial charge in [0.15, 0.2) is 12.4 Å². The second kappa shape index (κ2) is 5.85. The van der Waals surface area contributed by atoms with E-state index in [1.807, 2.05) is 0 Å². The lowest BCUT2D eigenvalue weighted by atomic mass is 10.3. The van der Waals surface area contributed by atoms with E-state index in [0.29, 0.717) is 12.2 Å². The molecule has 0 amide bonds. The minimum Gasteiger partial charge on any atom is -0.465 e. The number of carbonyl (C=O) groups excluding carboxylic acids is 2. The Balaban J connectivity index is 2.64. The number of ether oxygens (including phenoxy) is 2. The molecular formula is C11H14NO4+. The zero-order valence-electron chi connectivity index (χ0n) is 9.30. The summed E-state index contributed by atoms with van der Waals surface area (Å²) in [4.78, 5) is 22.3. The lowest BCUT2D eigenvalue weighted by molar-refractivity contribution is -0.686. The Kier molecular flexibility index (Phi) is 4.44. The van der Waals surface area contributed by atoms with Crippen LogP contribution in [0.5, 0.6) is 0 Å². The van der Waals surface area contributed by atoms with E-state index in [0.717, 1.165) is 0 Å². The smallest absolute Gasteiger partial charge is 0.372 e. The minimum atomic E-state index is -0.400. The minimum absolute atomic E-state index is 0.134. The Labute approximate surface area is 93.6 Å². The third kappa shape index (κ3) is 3.34. The van der Waals surface area contributed by atoms with Crippen LogP contribution in [0.1, 0.15) is 17.3 Å². The van der Waals surface area contributed by atoms with Gasteiger partial charge in [-0.15, -0.1) is 0 Å². The first-order chi connectivity index (χ1) is 7.67. The van der Waals surface area contributed by atoms with Gasteiger partial charge in [0.05, 0.1) is 19.3 Å². The van der Waals surface area contributed by atoms with Crippen molar-refractivity contribution in [2.45, 2.75) is 13.5 Å². The Morgan fingerprint density at radius 2 is 1.94 bits per heavy atom. The summed E-state index contributed by atoms with van der Waals surface area (Å²) < 4.78 is 11.0. The van der Waals surface area contributed by atoms with E-state index in [2.05, 4.69) is 4.74 Å². The van der Waals surface area contributed by atoms with Crippen molar-refractivity contribution in [2.24, 2.45) is 0 Å². The van der Waals surface area contributed by atoms with Crippen LogP contribution in [0.25, 0.3) is 0 Å². The van der Waals surface area contributed by atoms with Gasteiger partial charge in [0.2, 0.25) is 6.54 Å². The van der Waals surface area contributed by atoms with E-state index in [9.17, 15) is 9.59 Å². The number of pyridine rings is 1. The third-order valence-electron chi connectivity index (χ3n) is 1.93. The van der Waals surface area contributed by atoms with Crippen LogP contribution in [-0.2, 0) is 20.8 Å². The largest absolute Gasteiger partial charge is 0.465 e. The van der Waals surface area contributed by atoms with Crippen molar-refractivity contribution in [3.8, 4) is 0 Å². The van der Waals surface area contributed by atoms with Gasteiger partial charge >= 0.3 is 11.9 Å². The number of rotatable bonds is 4. The number of methoxy groups -OCH3 is 1. The molecule has 0 saturated heterocycles. The number of hydrogen-bond acceptors (Lipinski definition) is 4. The highest BCUT2D eigenvalue weighted by atomic mass is 16.5. The van der Waals surface area contributed by atoms with Crippen molar-refractivity contribution in [3.63, 3.8) is 0 Å². The molecule has 0 unspecified atom stereocenters. The monoisotopic (exact) mass is 224 g/mol. The van der Waals surface area contributed by atoms with Gasteiger partial charge in [-0.1, -0.05) is 0 Å². The number of hydrogen-bond donors (Lipinski definition) is 0. The molecule has 1 aromatic rings. The molecule has 0 saturated carbocycles. The van der Waals surface area contributed by atoms with Gasteiger partial charge in [0.25, 0.3) is 0 Å². The number of aromatic nitrogens is 1. The molecule has 1 heterocycles. The fourth-order valence-electron chi connectivity index (χ4n) is 1.17. The standard InChI is InChI=1S/C11H14NO4/c1-3-16-10(13)8-12-6-4-9(5-7-12)11(14)15-2/h4-7H,3,8H2,1-2H3/q+1. The van der Waals surface area contributed by atoms with Gasteiger partial charge in [-0.05, 0) is 6.92 Å². The maximum Gasteiger partial charge on any atom is 0.372 e. The number of nitrogens with zero attached hydrogens (tertiary/aromatic N) is 1. The summed E-state index contributed by atoms with van der Waals surface area (Å²) in [5.74, 6) is -0.707. The highest BCUT2D eigenvalue weighted by Gasteiger charge is 2.11. The van der Waals surface area contributed by atoms with Gasteiger partial charge in [-0.3, -0.25) is 0 Å². The molecule has 0 aliphatic rings. The van der Waals surface area contributed by atoms with Crippen LogP contribution in [0.2, 0.25) is 0 Å². The second-order valence-corrected chi connectivity index (χ2v) is 3.06. The summed E-state index contributed by atoms with van der Waals surface area (Å²) in [7, 11) is 1.32. The lowest BCUT2D eigenvalue weighted by Crippen LogP contribution is -2.38. The summed E-state index contributed by atoms with van der Waals surface area (Å²) in [5.41, 5.74) is 0.447. The molecule has 5 nitrogen and oxygen atoms in total. The molecule has 16 heavy (non-hydrogen) atoms. The fraction of sp³-hybridized carbons (Fsp3) is 0.364. The van der Waals surface area contributed by atoms with E-state index in [-0.39, 0.29) is 12.5 Å². The highest BCUT2D eigenvalue weighted by molar-refractivity contribution is 5.88. The summed E-state index contributed by atoms with van der Waals surface area (Å²) in [5, 5.41) is 0. The van der Waals surface area contributed by atoms with Crippen LogP contribution < -0.4 is 4.57 Å². The van der Waals surface area contributed by atoms with E-state index in [4.69, 9.17) is 4.74 Å². The average Bonchev–Trinajstić information content (AvgIpc) is 2.29. The molecular weight excluding hydrogens is 210 g/mol. The summed E-state index contributed by atoms with van der Waals surface area (Å²) in [6.45, 7) is 2.25. The Morgan fingerprint density at radius 1 is 1.31 bits per heavy atom. The summed E-state index contributed by atoms with van der Waals surface area (Å²) >= 11 is 0. The first-order valence-corrected chi connectivity index (χ1v) is 4.90. The van der Waals surface area contributed by atoms with Crippen molar-refractivity contribution < 1.29 is 23.6 Å². The van der Waals surface area contributed by atoms with Gasteiger partial charge < -0.3 is 9.47 Å². The molecule has 1 aromatic heterocycles. The normalized spacial score (nSPS) is 9.62. The molecule has 86 valence electrons. The molecule has 1 rings (SSSR count). The predicted molar refractivity (Wildman–Crippen MR) is 54.6 cm³/mol. The zero-order valence-corrected chi connectivity index (χ0v) is 9.30. The predicted octanol–water partition coefficient (Wildman–Crippen LogP) is 0.324. The lowest BCUT2D eigenvalue weighted by Gasteiger charge is -1.99. The van der Waals surface area contributed by atoms with Crippen molar-refractivity contribution in [2.75, 3.05) is 13.7 Å². The molecule has 0 bridgehead atoms. The highest BCUT2D eigenvalue weighted by Crippen LogP contribution is 1.97. The molecule has 0 aromatic carbocycles. The number of esters is 2. The molecule has 0 fully saturated rings. The van der Waals surface area contributed by atoms with Crippen LogP contribution in [0, 0.1) is 0 Å². The molecule has 0 aliphatic heterocycles. The topological polar surface area (TPSA) is 56.5 Å². The Bertz CT molecular complexity index is 372. The maximum absolute atomic E-state index is 11.2. The van der Waals surface area contributed by atoms with Crippen LogP contribution >= 0.6 is 0 Å². The first kappa shape index (κ1) is 12.2. The summed E-state index contributed by atoms with van der Waals surface area (Å²) in [6, 6.07) is 3.18. The first-order valence-electron chi connectivity index (χ1n) is 4.90. The molecule has 0 radical (unpaired) electrons. The van der Waals surface area contributed by atoms with Crippen LogP contribution in [0.3, 0.4) is 0 Å². The zero-order chi connectivity index (χ0) is 12.0. The number of carbonyl (C=O) groups is 2. The van der Waals surface area contributed by atoms with Gasteiger partial charge in [-0.25, -0.2) is 9.59 Å². The van der Waals surface area contributed by atoms with E-state index in [1.54, 1.807) is 36.0 Å². The van der Waals surface area contributed by atoms with Gasteiger partial charge in [0.1, 0.15) is 0 Å². The summed E-state index contributed by atoms with van der Waals surface area (Å²) in [6.07, 6.45) is 3.26. The molecule has 0 N–H and O–H groups in total. The molecule has 0 atom stereocenters. The Morgan fingerprint density at radius 3 is 2.44 bits per heavy atom. The third-order valence-corrected chi connectivity index (χ3v) is 1.93. The maximum atomic E-state index is 11.2. The van der Waals surface area contributed by atoms with E-state index < -0.39 is 5.97 Å². The van der Waals surface area contributed by atoms with Crippen molar-refractivity contribution in [3.05, 3.63) is 30.1 Å². The fourth-order valence-corrected chi connectivity index (χ4v) is 1.17. The van der Waals surface area contributed by atoms with Crippen LogP contribution in [0.4, 0.5) is 0 Å². The molecule has 5 heteroatoms. The van der Waals surface area contributed by atoms with E-state index >= 15 is 0 Å². The quantitative estimate of drug-likeness (QED) is 0.546. The van der Waals surface area contributed by atoms with Crippen molar-refractivity contribution in [1.29, 1.82) is 0 Å². The van der Waals surface area contributed by atoms with Gasteiger partial charge in [-0.2, -0.15) is 4.57 Å². The average molecular weight is 224 g/mol. The van der Waals surface area contributed by atoms with Crippen molar-refractivity contribution in [1.82, 2.24) is 0 Å². The van der Waals surface area contributed by atoms with Gasteiger partial charge in [0, 0.05) is 12.1 Å². The Hall–Kier alpha value is -1.91. The molecule has 0 spiro atoms. The van der Waals surface area contributed by atoms with E-state index in [1.165, 1.54) is 7.11 Å². The molecule has 0 aliphatic carbocycles. The second-order valence-electron chi connectivity index (χ2n) is 3.06.